The maximum absolute atomic E-state index is 8.76. The Bertz CT molecular complexity index is 1360. The Hall–Kier alpha value is -4.97. The fraction of sp³-hybridized carbons (Fsp3) is 0.147. The third-order valence-electron chi connectivity index (χ3n) is 5.25. The molecule has 0 atom stereocenters. The normalized spacial score (nSPS) is 9.22. The number of benzene rings is 2. The number of aryl methyl sites for hydroxylation is 5. The summed E-state index contributed by atoms with van der Waals surface area (Å²) in [5, 5.41) is 10.0. The summed E-state index contributed by atoms with van der Waals surface area (Å²) in [4.78, 5) is 19.8. The Morgan fingerprint density at radius 2 is 1.15 bits per heavy atom. The molecule has 4 aromatic heterocycles. The molecule has 1 N–H and O–H groups in total. The molecule has 0 unspecified atom stereocenters. The SMILES string of the molecule is Cc1ccc(O)cc1.Cc1cccc2ncccc12.Cc1ccccn1.Cc1ccncc1.Cc1cnccn1. The Morgan fingerprint density at radius 3 is 1.60 bits per heavy atom. The van der Waals surface area contributed by atoms with Gasteiger partial charge in [0.15, 0.2) is 0 Å². The second-order valence-electron chi connectivity index (χ2n) is 8.82. The van der Waals surface area contributed by atoms with Crippen LogP contribution in [0.4, 0.5) is 0 Å². The van der Waals surface area contributed by atoms with Crippen molar-refractivity contribution in [2.45, 2.75) is 34.6 Å². The molecule has 4 heterocycles. The lowest BCUT2D eigenvalue weighted by Crippen LogP contribution is -1.79. The van der Waals surface area contributed by atoms with E-state index in [2.05, 4.69) is 44.0 Å². The number of phenols is 1. The molecule has 0 fully saturated rings. The molecule has 0 aliphatic carbocycles. The highest BCUT2D eigenvalue weighted by molar-refractivity contribution is 5.81. The Morgan fingerprint density at radius 1 is 0.475 bits per heavy atom. The van der Waals surface area contributed by atoms with Crippen molar-refractivity contribution in [1.29, 1.82) is 0 Å². The van der Waals surface area contributed by atoms with E-state index in [9.17, 15) is 0 Å². The van der Waals surface area contributed by atoms with Crippen LogP contribution in [-0.2, 0) is 0 Å². The molecular weight excluding hydrogens is 494 g/mol. The topological polar surface area (TPSA) is 84.7 Å². The highest BCUT2D eigenvalue weighted by atomic mass is 16.3. The van der Waals surface area contributed by atoms with Gasteiger partial charge in [-0.25, -0.2) is 0 Å². The fourth-order valence-electron chi connectivity index (χ4n) is 3.05. The molecule has 6 nitrogen and oxygen atoms in total. The van der Waals surface area contributed by atoms with Crippen molar-refractivity contribution in [2.24, 2.45) is 0 Å². The first-order chi connectivity index (χ1) is 19.3. The molecule has 0 saturated heterocycles. The standard InChI is InChI=1S/C10H9N.C7H8O.2C6H7N.C5H6N2/c1-8-4-2-6-10-9(8)5-3-7-11-10;1-6-2-4-7(8)5-3-6;1-6-2-4-7-5-3-6;1-6-4-2-3-5-7-6;1-5-4-6-2-3-7-5/h2-7H,1H3;2-5,8H,1H3;2*2-5H,1H3;2-4H,1H3. The van der Waals surface area contributed by atoms with Crippen LogP contribution in [0.25, 0.3) is 10.9 Å². The smallest absolute Gasteiger partial charge is 0.115 e. The zero-order valence-electron chi connectivity index (χ0n) is 23.8. The van der Waals surface area contributed by atoms with E-state index < -0.39 is 0 Å². The van der Waals surface area contributed by atoms with Gasteiger partial charge in [-0.1, -0.05) is 42.0 Å². The van der Waals surface area contributed by atoms with Crippen LogP contribution in [0.3, 0.4) is 0 Å². The molecule has 6 aromatic rings. The number of fused-ring (bicyclic) bond motifs is 1. The molecule has 0 saturated carbocycles. The number of aromatic hydroxyl groups is 1. The lowest BCUT2D eigenvalue weighted by molar-refractivity contribution is 0.475. The molecule has 0 radical (unpaired) electrons. The lowest BCUT2D eigenvalue weighted by atomic mass is 10.1. The largest absolute Gasteiger partial charge is 0.508 e. The van der Waals surface area contributed by atoms with Crippen molar-refractivity contribution in [3.8, 4) is 5.75 Å². The summed E-state index contributed by atoms with van der Waals surface area (Å²) in [5.74, 6) is 0.329. The summed E-state index contributed by atoms with van der Waals surface area (Å²) in [6.45, 7) is 10.0. The predicted octanol–water partition coefficient (Wildman–Crippen LogP) is 7.81. The zero-order chi connectivity index (χ0) is 29.0. The second kappa shape index (κ2) is 18.3. The number of pyridine rings is 3. The van der Waals surface area contributed by atoms with Crippen LogP contribution in [0.15, 0.2) is 128 Å². The van der Waals surface area contributed by atoms with E-state index in [1.807, 2.05) is 94.6 Å². The predicted molar refractivity (Wildman–Crippen MR) is 164 cm³/mol. The summed E-state index contributed by atoms with van der Waals surface area (Å²) in [7, 11) is 0. The summed E-state index contributed by atoms with van der Waals surface area (Å²) < 4.78 is 0. The van der Waals surface area contributed by atoms with Crippen molar-refractivity contribution in [1.82, 2.24) is 24.9 Å². The summed E-state index contributed by atoms with van der Waals surface area (Å²) >= 11 is 0. The molecule has 0 bridgehead atoms. The Labute approximate surface area is 237 Å². The number of rotatable bonds is 0. The van der Waals surface area contributed by atoms with Crippen LogP contribution < -0.4 is 0 Å². The number of hydrogen-bond acceptors (Lipinski definition) is 6. The second-order valence-corrected chi connectivity index (χ2v) is 8.82. The van der Waals surface area contributed by atoms with Crippen molar-refractivity contribution >= 4 is 10.9 Å². The fourth-order valence-corrected chi connectivity index (χ4v) is 3.05. The number of phenolic OH excluding ortho intramolecular Hbond substituents is 1. The van der Waals surface area contributed by atoms with Gasteiger partial charge in [-0.15, -0.1) is 0 Å². The lowest BCUT2D eigenvalue weighted by Gasteiger charge is -1.97. The van der Waals surface area contributed by atoms with Gasteiger partial charge in [0.05, 0.1) is 11.2 Å². The van der Waals surface area contributed by atoms with Gasteiger partial charge in [0.1, 0.15) is 5.75 Å². The van der Waals surface area contributed by atoms with Gasteiger partial charge in [0, 0.05) is 54.5 Å². The van der Waals surface area contributed by atoms with Crippen molar-refractivity contribution < 1.29 is 5.11 Å². The molecule has 40 heavy (non-hydrogen) atoms. The van der Waals surface area contributed by atoms with Gasteiger partial charge >= 0.3 is 0 Å². The van der Waals surface area contributed by atoms with Gasteiger partial charge < -0.3 is 5.11 Å². The van der Waals surface area contributed by atoms with Crippen LogP contribution in [0.1, 0.15) is 28.1 Å². The number of nitrogens with zero attached hydrogens (tertiary/aromatic N) is 5. The van der Waals surface area contributed by atoms with E-state index in [0.29, 0.717) is 5.75 Å². The van der Waals surface area contributed by atoms with E-state index in [-0.39, 0.29) is 0 Å². The molecular formula is C34H37N5O. The van der Waals surface area contributed by atoms with E-state index in [0.717, 1.165) is 16.9 Å². The molecule has 0 spiro atoms. The van der Waals surface area contributed by atoms with Gasteiger partial charge in [-0.05, 0) is 94.3 Å². The Balaban J connectivity index is 0.000000178. The van der Waals surface area contributed by atoms with Crippen molar-refractivity contribution in [3.63, 3.8) is 0 Å². The maximum Gasteiger partial charge on any atom is 0.115 e. The number of aromatic nitrogens is 5. The minimum atomic E-state index is 0.329. The molecule has 204 valence electrons. The maximum atomic E-state index is 8.76. The molecule has 6 heteroatoms. The zero-order valence-corrected chi connectivity index (χ0v) is 23.8. The summed E-state index contributed by atoms with van der Waals surface area (Å²) in [6, 6.07) is 27.1. The summed E-state index contributed by atoms with van der Waals surface area (Å²) in [5.41, 5.74) is 6.82. The summed E-state index contributed by atoms with van der Waals surface area (Å²) in [6.07, 6.45) is 12.2. The average molecular weight is 532 g/mol. The third-order valence-corrected chi connectivity index (χ3v) is 5.25. The molecule has 0 amide bonds. The molecule has 6 rings (SSSR count). The molecule has 0 aliphatic rings. The van der Waals surface area contributed by atoms with Crippen LogP contribution in [0, 0.1) is 34.6 Å². The van der Waals surface area contributed by atoms with Crippen molar-refractivity contribution in [3.05, 3.63) is 156 Å². The average Bonchev–Trinajstić information content (AvgIpc) is 2.98. The van der Waals surface area contributed by atoms with E-state index >= 15 is 0 Å². The first kappa shape index (κ1) is 31.2. The number of hydrogen-bond donors (Lipinski definition) is 1. The monoisotopic (exact) mass is 531 g/mol. The van der Waals surface area contributed by atoms with E-state index in [1.54, 1.807) is 49.3 Å². The van der Waals surface area contributed by atoms with Crippen LogP contribution in [0.5, 0.6) is 5.75 Å². The van der Waals surface area contributed by atoms with Crippen LogP contribution in [0.2, 0.25) is 0 Å². The van der Waals surface area contributed by atoms with Gasteiger partial charge in [0.2, 0.25) is 0 Å². The van der Waals surface area contributed by atoms with Crippen molar-refractivity contribution in [2.75, 3.05) is 0 Å². The first-order valence-electron chi connectivity index (χ1n) is 12.9. The van der Waals surface area contributed by atoms with Crippen LogP contribution in [-0.4, -0.2) is 30.0 Å². The minimum absolute atomic E-state index is 0.329. The Kier molecular flexibility index (Phi) is 14.3. The molecule has 2 aromatic carbocycles. The van der Waals surface area contributed by atoms with E-state index in [1.165, 1.54) is 22.1 Å². The third kappa shape index (κ3) is 13.5. The van der Waals surface area contributed by atoms with Crippen LogP contribution >= 0.6 is 0 Å². The molecule has 0 aliphatic heterocycles. The van der Waals surface area contributed by atoms with Gasteiger partial charge in [0.25, 0.3) is 0 Å². The minimum Gasteiger partial charge on any atom is -0.508 e. The first-order valence-corrected chi connectivity index (χ1v) is 12.9. The quantitative estimate of drug-likeness (QED) is 0.215. The van der Waals surface area contributed by atoms with E-state index in [4.69, 9.17) is 5.11 Å². The highest BCUT2D eigenvalue weighted by Gasteiger charge is 1.93. The van der Waals surface area contributed by atoms with Gasteiger partial charge in [-0.3, -0.25) is 24.9 Å². The highest BCUT2D eigenvalue weighted by Crippen LogP contribution is 2.14. The van der Waals surface area contributed by atoms with Gasteiger partial charge in [-0.2, -0.15) is 0 Å².